The van der Waals surface area contributed by atoms with Crippen molar-refractivity contribution in [2.75, 3.05) is 44.2 Å². The van der Waals surface area contributed by atoms with E-state index in [1.807, 2.05) is 29.3 Å². The molecule has 1 N–H and O–H groups in total. The SMILES string of the molecule is CC(=O)NC[C@H]1CN(c2ccc(-c3ccc(C=NN4CCN(C(=O)c5cccnc5)CC4)cc3)c(F)c2)C(=O)O1. The van der Waals surface area contributed by atoms with Crippen LogP contribution in [-0.2, 0) is 9.53 Å². The normalized spacial score (nSPS) is 17.3. The van der Waals surface area contributed by atoms with Crippen molar-refractivity contribution in [2.45, 2.75) is 13.0 Å². The number of nitrogens with one attached hydrogen (secondary N) is 1. The number of carbonyl (C=O) groups excluding carboxylic acids is 3. The highest BCUT2D eigenvalue weighted by Gasteiger charge is 2.32. The molecule has 3 heterocycles. The van der Waals surface area contributed by atoms with Crippen LogP contribution in [0.1, 0.15) is 22.8 Å². The lowest BCUT2D eigenvalue weighted by Crippen LogP contribution is -2.46. The van der Waals surface area contributed by atoms with Crippen LogP contribution >= 0.6 is 0 Å². The van der Waals surface area contributed by atoms with Gasteiger partial charge in [-0.2, -0.15) is 5.10 Å². The number of benzene rings is 2. The molecule has 40 heavy (non-hydrogen) atoms. The van der Waals surface area contributed by atoms with Crippen molar-refractivity contribution in [3.05, 3.63) is 83.9 Å². The molecule has 0 bridgehead atoms. The summed E-state index contributed by atoms with van der Waals surface area (Å²) in [5.41, 5.74) is 2.93. The average Bonchev–Trinajstić information content (AvgIpc) is 3.36. The van der Waals surface area contributed by atoms with Crippen LogP contribution in [0, 0.1) is 5.82 Å². The zero-order valence-electron chi connectivity index (χ0n) is 22.0. The Morgan fingerprint density at radius 1 is 1.12 bits per heavy atom. The van der Waals surface area contributed by atoms with Crippen molar-refractivity contribution in [2.24, 2.45) is 5.10 Å². The minimum Gasteiger partial charge on any atom is -0.442 e. The Balaban J connectivity index is 1.16. The van der Waals surface area contributed by atoms with Gasteiger partial charge in [-0.3, -0.25) is 24.5 Å². The molecule has 0 unspecified atom stereocenters. The molecule has 11 heteroatoms. The number of cyclic esters (lactones) is 1. The highest BCUT2D eigenvalue weighted by molar-refractivity contribution is 5.94. The summed E-state index contributed by atoms with van der Waals surface area (Å²) in [5.74, 6) is -0.704. The molecule has 0 radical (unpaired) electrons. The molecule has 2 aromatic carbocycles. The fourth-order valence-corrected chi connectivity index (χ4v) is 4.59. The third-order valence-electron chi connectivity index (χ3n) is 6.76. The monoisotopic (exact) mass is 544 g/mol. The fraction of sp³-hybridized carbons (Fsp3) is 0.276. The lowest BCUT2D eigenvalue weighted by atomic mass is 10.0. The lowest BCUT2D eigenvalue weighted by Gasteiger charge is -2.33. The summed E-state index contributed by atoms with van der Waals surface area (Å²) in [4.78, 5) is 43.1. The number of pyridine rings is 1. The van der Waals surface area contributed by atoms with Crippen molar-refractivity contribution < 1.29 is 23.5 Å². The molecule has 2 aliphatic rings. The third-order valence-corrected chi connectivity index (χ3v) is 6.76. The second-order valence-corrected chi connectivity index (χ2v) is 9.57. The molecule has 0 saturated carbocycles. The van der Waals surface area contributed by atoms with Crippen molar-refractivity contribution in [1.29, 1.82) is 0 Å². The van der Waals surface area contributed by atoms with Crippen molar-refractivity contribution in [3.63, 3.8) is 0 Å². The minimum atomic E-state index is -0.576. The van der Waals surface area contributed by atoms with Crippen LogP contribution in [0.4, 0.5) is 14.9 Å². The molecule has 2 saturated heterocycles. The maximum Gasteiger partial charge on any atom is 0.414 e. The quantitative estimate of drug-likeness (QED) is 0.458. The molecular formula is C29H29FN6O4. The molecule has 0 spiro atoms. The van der Waals surface area contributed by atoms with Gasteiger partial charge in [-0.05, 0) is 41.5 Å². The van der Waals surface area contributed by atoms with Gasteiger partial charge in [0.25, 0.3) is 5.91 Å². The number of hydrogen-bond acceptors (Lipinski definition) is 7. The number of hydrogen-bond donors (Lipinski definition) is 1. The van der Waals surface area contributed by atoms with Gasteiger partial charge < -0.3 is 15.0 Å². The van der Waals surface area contributed by atoms with E-state index >= 15 is 4.39 Å². The van der Waals surface area contributed by atoms with Gasteiger partial charge in [0.2, 0.25) is 5.91 Å². The van der Waals surface area contributed by atoms with E-state index in [4.69, 9.17) is 4.74 Å². The predicted molar refractivity (Wildman–Crippen MR) is 147 cm³/mol. The van der Waals surface area contributed by atoms with Crippen LogP contribution in [-0.4, -0.2) is 84.4 Å². The summed E-state index contributed by atoms with van der Waals surface area (Å²) in [6, 6.07) is 15.5. The summed E-state index contributed by atoms with van der Waals surface area (Å²) in [7, 11) is 0. The number of carbonyl (C=O) groups is 3. The number of halogens is 1. The van der Waals surface area contributed by atoms with Gasteiger partial charge >= 0.3 is 6.09 Å². The van der Waals surface area contributed by atoms with Gasteiger partial charge in [0.05, 0.1) is 43.6 Å². The van der Waals surface area contributed by atoms with Gasteiger partial charge in [-0.25, -0.2) is 9.18 Å². The maximum atomic E-state index is 15.1. The van der Waals surface area contributed by atoms with E-state index in [-0.39, 0.29) is 24.9 Å². The van der Waals surface area contributed by atoms with E-state index in [0.29, 0.717) is 48.6 Å². The smallest absolute Gasteiger partial charge is 0.414 e. The molecule has 1 aromatic heterocycles. The number of hydrazone groups is 1. The number of rotatable bonds is 7. The Morgan fingerprint density at radius 3 is 2.58 bits per heavy atom. The molecule has 3 amide bonds. The second-order valence-electron chi connectivity index (χ2n) is 9.57. The van der Waals surface area contributed by atoms with Crippen LogP contribution in [0.15, 0.2) is 72.1 Å². The number of aromatic nitrogens is 1. The van der Waals surface area contributed by atoms with Crippen molar-refractivity contribution in [3.8, 4) is 11.1 Å². The van der Waals surface area contributed by atoms with Gasteiger partial charge in [-0.1, -0.05) is 24.3 Å². The van der Waals surface area contributed by atoms with E-state index in [1.54, 1.807) is 47.8 Å². The first-order chi connectivity index (χ1) is 19.4. The second kappa shape index (κ2) is 11.9. The molecule has 10 nitrogen and oxygen atoms in total. The number of amides is 3. The van der Waals surface area contributed by atoms with Crippen molar-refractivity contribution in [1.82, 2.24) is 20.2 Å². The molecular weight excluding hydrogens is 515 g/mol. The topological polar surface area (TPSA) is 107 Å². The number of ether oxygens (including phenoxy) is 1. The van der Waals surface area contributed by atoms with E-state index < -0.39 is 18.0 Å². The van der Waals surface area contributed by atoms with E-state index in [2.05, 4.69) is 15.4 Å². The first-order valence-corrected chi connectivity index (χ1v) is 13.0. The van der Waals surface area contributed by atoms with Crippen LogP contribution in [0.25, 0.3) is 11.1 Å². The molecule has 5 rings (SSSR count). The number of piperazine rings is 1. The van der Waals surface area contributed by atoms with Gasteiger partial charge in [0.15, 0.2) is 0 Å². The molecule has 1 atom stereocenters. The summed E-state index contributed by atoms with van der Waals surface area (Å²) in [6.45, 7) is 4.21. The van der Waals surface area contributed by atoms with E-state index in [1.165, 1.54) is 17.9 Å². The molecule has 3 aromatic rings. The zero-order valence-corrected chi connectivity index (χ0v) is 22.0. The average molecular weight is 545 g/mol. The standard InChI is InChI=1S/C29H29FN6O4/c1-20(37)32-18-25-19-36(29(39)40-25)24-8-9-26(27(30)15-24)22-6-4-21(5-7-22)16-33-35-13-11-34(12-14-35)28(38)23-3-2-10-31-17-23/h2-10,15-17,25H,11-14,18-19H2,1H3,(H,32,37)/t25-/m0/s1. The summed E-state index contributed by atoms with van der Waals surface area (Å²) in [5, 5.41) is 9.08. The highest BCUT2D eigenvalue weighted by Crippen LogP contribution is 2.29. The van der Waals surface area contributed by atoms with Crippen LogP contribution in [0.2, 0.25) is 0 Å². The third kappa shape index (κ3) is 6.25. The molecule has 2 fully saturated rings. The Morgan fingerprint density at radius 2 is 1.90 bits per heavy atom. The first-order valence-electron chi connectivity index (χ1n) is 13.0. The highest BCUT2D eigenvalue weighted by atomic mass is 19.1. The number of anilines is 1. The predicted octanol–water partition coefficient (Wildman–Crippen LogP) is 3.14. The minimum absolute atomic E-state index is 0.0286. The van der Waals surface area contributed by atoms with Gasteiger partial charge in [-0.15, -0.1) is 0 Å². The Labute approximate surface area is 231 Å². The summed E-state index contributed by atoms with van der Waals surface area (Å²) in [6.07, 6.45) is 3.90. The maximum absolute atomic E-state index is 15.1. The summed E-state index contributed by atoms with van der Waals surface area (Å²) < 4.78 is 20.3. The number of nitrogens with zero attached hydrogens (tertiary/aromatic N) is 5. The molecule has 0 aliphatic carbocycles. The van der Waals surface area contributed by atoms with Crippen molar-refractivity contribution >= 4 is 29.8 Å². The van der Waals surface area contributed by atoms with Crippen LogP contribution in [0.3, 0.4) is 0 Å². The first kappa shape index (κ1) is 26.8. The van der Waals surface area contributed by atoms with Gasteiger partial charge in [0.1, 0.15) is 11.9 Å². The van der Waals surface area contributed by atoms with Crippen LogP contribution in [0.5, 0.6) is 0 Å². The lowest BCUT2D eigenvalue weighted by molar-refractivity contribution is -0.119. The molecule has 206 valence electrons. The van der Waals surface area contributed by atoms with E-state index in [9.17, 15) is 14.4 Å². The Bertz CT molecular complexity index is 1410. The Hall–Kier alpha value is -4.80. The van der Waals surface area contributed by atoms with Crippen LogP contribution < -0.4 is 10.2 Å². The zero-order chi connectivity index (χ0) is 28.1. The largest absolute Gasteiger partial charge is 0.442 e. The summed E-state index contributed by atoms with van der Waals surface area (Å²) >= 11 is 0. The fourth-order valence-electron chi connectivity index (χ4n) is 4.59. The Kier molecular flexibility index (Phi) is 7.99. The molecule has 2 aliphatic heterocycles. The van der Waals surface area contributed by atoms with Gasteiger partial charge in [0, 0.05) is 38.0 Å². The van der Waals surface area contributed by atoms with E-state index in [0.717, 1.165) is 5.56 Å².